The van der Waals surface area contributed by atoms with Gasteiger partial charge in [0.1, 0.15) is 4.90 Å². The lowest BCUT2D eigenvalue weighted by Crippen LogP contribution is -2.48. The molecule has 0 bridgehead atoms. The summed E-state index contributed by atoms with van der Waals surface area (Å²) in [6.07, 6.45) is 1.90. The molecule has 5 heteroatoms. The fraction of sp³-hybridized carbons (Fsp3) is 0.400. The van der Waals surface area contributed by atoms with Gasteiger partial charge in [-0.1, -0.05) is 12.1 Å². The van der Waals surface area contributed by atoms with Gasteiger partial charge in [-0.25, -0.2) is 8.42 Å². The first-order chi connectivity index (χ1) is 7.18. The van der Waals surface area contributed by atoms with Crippen LogP contribution in [-0.4, -0.2) is 21.1 Å². The molecular weight excluding hydrogens is 212 g/mol. The first-order valence-electron chi connectivity index (χ1n) is 5.06. The number of fused-ring (bicyclic) bond motifs is 3. The maximum Gasteiger partial charge on any atom is 0.244 e. The second-order valence-electron chi connectivity index (χ2n) is 3.94. The third kappa shape index (κ3) is 1.27. The van der Waals surface area contributed by atoms with Gasteiger partial charge in [-0.05, 0) is 25.0 Å². The Morgan fingerprint density at radius 3 is 3.00 bits per heavy atom. The highest BCUT2D eigenvalue weighted by Gasteiger charge is 2.37. The molecule has 2 heterocycles. The molecule has 15 heavy (non-hydrogen) atoms. The summed E-state index contributed by atoms with van der Waals surface area (Å²) < 4.78 is 26.5. The predicted molar refractivity (Wildman–Crippen MR) is 57.1 cm³/mol. The van der Waals surface area contributed by atoms with Crippen molar-refractivity contribution in [3.05, 3.63) is 24.3 Å². The molecule has 1 aromatic rings. The lowest BCUT2D eigenvalue weighted by molar-refractivity contribution is 0.540. The van der Waals surface area contributed by atoms with E-state index in [-0.39, 0.29) is 6.17 Å². The highest BCUT2D eigenvalue weighted by atomic mass is 32.2. The Hall–Kier alpha value is -1.07. The number of hydrogen-bond acceptors (Lipinski definition) is 3. The van der Waals surface area contributed by atoms with Crippen molar-refractivity contribution in [3.63, 3.8) is 0 Å². The number of nitrogens with one attached hydrogen (secondary N) is 1. The van der Waals surface area contributed by atoms with Crippen molar-refractivity contribution in [2.24, 2.45) is 0 Å². The Kier molecular flexibility index (Phi) is 1.81. The highest BCUT2D eigenvalue weighted by Crippen LogP contribution is 2.34. The molecular formula is C10H12N2O2S. The zero-order valence-electron chi connectivity index (χ0n) is 8.18. The average Bonchev–Trinajstić information content (AvgIpc) is 2.65. The largest absolute Gasteiger partial charge is 0.354 e. The van der Waals surface area contributed by atoms with Crippen LogP contribution >= 0.6 is 0 Å². The van der Waals surface area contributed by atoms with E-state index in [1.807, 2.05) is 12.1 Å². The van der Waals surface area contributed by atoms with E-state index in [0.29, 0.717) is 4.90 Å². The van der Waals surface area contributed by atoms with E-state index < -0.39 is 10.0 Å². The third-order valence-corrected chi connectivity index (χ3v) is 4.51. The topological polar surface area (TPSA) is 49.4 Å². The number of para-hydroxylation sites is 1. The van der Waals surface area contributed by atoms with Gasteiger partial charge in [-0.2, -0.15) is 4.72 Å². The molecule has 4 nitrogen and oxygen atoms in total. The van der Waals surface area contributed by atoms with E-state index in [1.54, 1.807) is 12.1 Å². The second kappa shape index (κ2) is 2.96. The smallest absolute Gasteiger partial charge is 0.244 e. The average molecular weight is 224 g/mol. The highest BCUT2D eigenvalue weighted by molar-refractivity contribution is 7.89. The quantitative estimate of drug-likeness (QED) is 0.712. The van der Waals surface area contributed by atoms with Crippen molar-refractivity contribution in [2.75, 3.05) is 11.4 Å². The molecule has 0 amide bonds. The van der Waals surface area contributed by atoms with Crippen LogP contribution in [0.4, 0.5) is 5.69 Å². The minimum Gasteiger partial charge on any atom is -0.354 e. The summed E-state index contributed by atoms with van der Waals surface area (Å²) in [4.78, 5) is 2.54. The Labute approximate surface area is 88.9 Å². The normalized spacial score (nSPS) is 27.2. The summed E-state index contributed by atoms with van der Waals surface area (Å²) >= 11 is 0. The van der Waals surface area contributed by atoms with Crippen molar-refractivity contribution in [1.29, 1.82) is 0 Å². The molecule has 1 atom stereocenters. The van der Waals surface area contributed by atoms with Gasteiger partial charge < -0.3 is 4.90 Å². The van der Waals surface area contributed by atoms with E-state index in [1.165, 1.54) is 0 Å². The number of rotatable bonds is 0. The zero-order chi connectivity index (χ0) is 10.5. The van der Waals surface area contributed by atoms with Crippen LogP contribution in [0.5, 0.6) is 0 Å². The molecule has 0 saturated carbocycles. The van der Waals surface area contributed by atoms with Gasteiger partial charge in [0, 0.05) is 6.54 Å². The molecule has 0 spiro atoms. The van der Waals surface area contributed by atoms with Crippen LogP contribution in [0.1, 0.15) is 12.8 Å². The first kappa shape index (κ1) is 9.18. The van der Waals surface area contributed by atoms with E-state index in [2.05, 4.69) is 9.62 Å². The molecule has 1 aromatic carbocycles. The second-order valence-corrected chi connectivity index (χ2v) is 5.62. The molecule has 3 rings (SSSR count). The minimum absolute atomic E-state index is 0.0371. The Morgan fingerprint density at radius 2 is 2.13 bits per heavy atom. The zero-order valence-corrected chi connectivity index (χ0v) is 9.00. The van der Waals surface area contributed by atoms with Crippen molar-refractivity contribution in [2.45, 2.75) is 23.9 Å². The van der Waals surface area contributed by atoms with Crippen LogP contribution in [0.2, 0.25) is 0 Å². The first-order valence-corrected chi connectivity index (χ1v) is 6.55. The molecule has 2 aliphatic rings. The Balaban J connectivity index is 2.23. The SMILES string of the molecule is O=S1(=O)N[C@@H]2CCCN2c2ccccc21. The molecule has 1 fully saturated rings. The molecule has 0 unspecified atom stereocenters. The van der Waals surface area contributed by atoms with Crippen LogP contribution in [0, 0.1) is 0 Å². The number of hydrogen-bond donors (Lipinski definition) is 1. The van der Waals surface area contributed by atoms with Gasteiger partial charge in [0.2, 0.25) is 10.0 Å². The van der Waals surface area contributed by atoms with Crippen LogP contribution < -0.4 is 9.62 Å². The fourth-order valence-electron chi connectivity index (χ4n) is 2.34. The van der Waals surface area contributed by atoms with Crippen molar-refractivity contribution in [1.82, 2.24) is 4.72 Å². The predicted octanol–water partition coefficient (Wildman–Crippen LogP) is 0.905. The standard InChI is InChI=1S/C10H12N2O2S/c13-15(14)9-5-2-1-4-8(9)12-7-3-6-10(12)11-15/h1-2,4-5,10-11H,3,6-7H2/t10-/m0/s1. The molecule has 1 N–H and O–H groups in total. The lowest BCUT2D eigenvalue weighted by atomic mass is 10.3. The lowest BCUT2D eigenvalue weighted by Gasteiger charge is -2.33. The van der Waals surface area contributed by atoms with Gasteiger partial charge in [0.05, 0.1) is 11.9 Å². The summed E-state index contributed by atoms with van der Waals surface area (Å²) in [5.74, 6) is 0. The van der Waals surface area contributed by atoms with E-state index >= 15 is 0 Å². The molecule has 0 aliphatic carbocycles. The summed E-state index contributed by atoms with van der Waals surface area (Å²) in [5.41, 5.74) is 0.846. The summed E-state index contributed by atoms with van der Waals surface area (Å²) in [7, 11) is -3.29. The van der Waals surface area contributed by atoms with Gasteiger partial charge in [0.15, 0.2) is 0 Å². The van der Waals surface area contributed by atoms with Crippen LogP contribution in [0.3, 0.4) is 0 Å². The van der Waals surface area contributed by atoms with Gasteiger partial charge in [-0.15, -0.1) is 0 Å². The number of nitrogens with zero attached hydrogens (tertiary/aromatic N) is 1. The summed E-state index contributed by atoms with van der Waals surface area (Å²) in [5, 5.41) is 0. The summed E-state index contributed by atoms with van der Waals surface area (Å²) in [6.45, 7) is 0.935. The van der Waals surface area contributed by atoms with Gasteiger partial charge in [0.25, 0.3) is 0 Å². The monoisotopic (exact) mass is 224 g/mol. The Morgan fingerprint density at radius 1 is 1.33 bits per heavy atom. The Bertz CT molecular complexity index is 498. The van der Waals surface area contributed by atoms with E-state index in [0.717, 1.165) is 25.1 Å². The third-order valence-electron chi connectivity index (χ3n) is 3.01. The minimum atomic E-state index is -3.29. The molecule has 2 aliphatic heterocycles. The maximum atomic E-state index is 11.9. The van der Waals surface area contributed by atoms with Crippen molar-refractivity contribution < 1.29 is 8.42 Å². The van der Waals surface area contributed by atoms with Crippen LogP contribution in [-0.2, 0) is 10.0 Å². The van der Waals surface area contributed by atoms with E-state index in [4.69, 9.17) is 0 Å². The van der Waals surface area contributed by atoms with Crippen molar-refractivity contribution >= 4 is 15.7 Å². The summed E-state index contributed by atoms with van der Waals surface area (Å²) in [6, 6.07) is 7.18. The number of sulfonamides is 1. The molecule has 80 valence electrons. The van der Waals surface area contributed by atoms with E-state index in [9.17, 15) is 8.42 Å². The molecule has 1 saturated heterocycles. The van der Waals surface area contributed by atoms with Crippen LogP contribution in [0.15, 0.2) is 29.2 Å². The van der Waals surface area contributed by atoms with Crippen LogP contribution in [0.25, 0.3) is 0 Å². The molecule has 0 aromatic heterocycles. The molecule has 0 radical (unpaired) electrons. The fourth-order valence-corrected chi connectivity index (χ4v) is 3.79. The van der Waals surface area contributed by atoms with Crippen molar-refractivity contribution in [3.8, 4) is 0 Å². The number of anilines is 1. The van der Waals surface area contributed by atoms with Gasteiger partial charge >= 0.3 is 0 Å². The number of benzene rings is 1. The maximum absolute atomic E-state index is 11.9. The van der Waals surface area contributed by atoms with Gasteiger partial charge in [-0.3, -0.25) is 0 Å².